The Kier molecular flexibility index (Phi) is 7.40. The molecule has 37 heavy (non-hydrogen) atoms. The van der Waals surface area contributed by atoms with Gasteiger partial charge in [0.05, 0.1) is 32.1 Å². The summed E-state index contributed by atoms with van der Waals surface area (Å²) in [5.74, 6) is -0.238. The average molecular weight is 525 g/mol. The summed E-state index contributed by atoms with van der Waals surface area (Å²) in [5, 5.41) is 2.78. The number of sulfonamides is 1. The summed E-state index contributed by atoms with van der Waals surface area (Å²) in [4.78, 5) is 25.0. The van der Waals surface area contributed by atoms with Crippen molar-refractivity contribution in [3.8, 4) is 11.5 Å². The smallest absolute Gasteiger partial charge is 0.338 e. The lowest BCUT2D eigenvalue weighted by Gasteiger charge is -2.22. The number of nitrogens with zero attached hydrogens (tertiary/aromatic N) is 1. The Morgan fingerprint density at radius 1 is 0.946 bits per heavy atom. The first kappa shape index (κ1) is 26.0. The Morgan fingerprint density at radius 3 is 2.30 bits per heavy atom. The summed E-state index contributed by atoms with van der Waals surface area (Å²) in [7, 11) is -1.08. The van der Waals surface area contributed by atoms with Gasteiger partial charge in [-0.3, -0.25) is 9.10 Å². The third-order valence-electron chi connectivity index (χ3n) is 6.04. The molecule has 0 bridgehead atoms. The summed E-state index contributed by atoms with van der Waals surface area (Å²) in [6.45, 7) is 3.99. The molecule has 0 fully saturated rings. The van der Waals surface area contributed by atoms with Gasteiger partial charge in [-0.1, -0.05) is 6.07 Å². The highest BCUT2D eigenvalue weighted by molar-refractivity contribution is 7.93. The number of nitrogens with one attached hydrogen (secondary N) is 1. The number of carbonyl (C=O) groups is 2. The number of rotatable bonds is 8. The first-order chi connectivity index (χ1) is 17.7. The maximum atomic E-state index is 13.7. The highest BCUT2D eigenvalue weighted by atomic mass is 32.2. The number of benzene rings is 3. The van der Waals surface area contributed by atoms with E-state index in [0.717, 1.165) is 5.56 Å². The minimum atomic E-state index is -3.98. The van der Waals surface area contributed by atoms with Crippen LogP contribution in [0.15, 0.2) is 59.5 Å². The number of carbonyl (C=O) groups excluding carboxylic acids is 2. The van der Waals surface area contributed by atoms with Crippen LogP contribution in [0.5, 0.6) is 11.5 Å². The fourth-order valence-electron chi connectivity index (χ4n) is 4.21. The number of hydrogen-bond acceptors (Lipinski definition) is 7. The number of hydrogen-bond donors (Lipinski definition) is 1. The zero-order valence-corrected chi connectivity index (χ0v) is 21.8. The van der Waals surface area contributed by atoms with Crippen LogP contribution >= 0.6 is 0 Å². The Labute approximate surface area is 216 Å². The van der Waals surface area contributed by atoms with Gasteiger partial charge in [-0.2, -0.15) is 0 Å². The van der Waals surface area contributed by atoms with Gasteiger partial charge in [0.15, 0.2) is 0 Å². The molecule has 3 aromatic rings. The predicted octanol–water partition coefficient (Wildman–Crippen LogP) is 4.19. The lowest BCUT2D eigenvalue weighted by molar-refractivity contribution is 0.0526. The third kappa shape index (κ3) is 5.10. The van der Waals surface area contributed by atoms with Gasteiger partial charge in [-0.05, 0) is 74.4 Å². The van der Waals surface area contributed by atoms with Gasteiger partial charge in [-0.25, -0.2) is 13.2 Å². The van der Waals surface area contributed by atoms with Crippen LogP contribution in [0.2, 0.25) is 0 Å². The van der Waals surface area contributed by atoms with Crippen LogP contribution in [0.25, 0.3) is 0 Å². The van der Waals surface area contributed by atoms with Crippen LogP contribution < -0.4 is 19.1 Å². The lowest BCUT2D eigenvalue weighted by Crippen LogP contribution is -2.29. The van der Waals surface area contributed by atoms with Crippen molar-refractivity contribution in [3.63, 3.8) is 0 Å². The van der Waals surface area contributed by atoms with Gasteiger partial charge in [0.25, 0.3) is 15.9 Å². The number of fused-ring (bicyclic) bond motifs is 1. The van der Waals surface area contributed by atoms with E-state index in [1.165, 1.54) is 18.5 Å². The van der Waals surface area contributed by atoms with Crippen LogP contribution in [0.1, 0.15) is 38.8 Å². The zero-order valence-electron chi connectivity index (χ0n) is 21.0. The fourth-order valence-corrected chi connectivity index (χ4v) is 5.94. The normalized spacial score (nSPS) is 12.6. The van der Waals surface area contributed by atoms with Gasteiger partial charge in [0.2, 0.25) is 0 Å². The molecule has 0 saturated heterocycles. The van der Waals surface area contributed by atoms with E-state index in [9.17, 15) is 18.0 Å². The van der Waals surface area contributed by atoms with Crippen molar-refractivity contribution < 1.29 is 32.2 Å². The molecule has 1 N–H and O–H groups in total. The summed E-state index contributed by atoms with van der Waals surface area (Å²) >= 11 is 0. The van der Waals surface area contributed by atoms with Crippen molar-refractivity contribution in [3.05, 3.63) is 76.9 Å². The second-order valence-electron chi connectivity index (χ2n) is 8.41. The van der Waals surface area contributed by atoms with Crippen LogP contribution in [0.3, 0.4) is 0 Å². The molecule has 0 atom stereocenters. The van der Waals surface area contributed by atoms with Crippen LogP contribution in [0, 0.1) is 6.92 Å². The summed E-state index contributed by atoms with van der Waals surface area (Å²) in [5.41, 5.74) is 2.92. The average Bonchev–Trinajstić information content (AvgIpc) is 3.33. The SMILES string of the molecule is CCOC(=O)c1ccc(NC(=O)c2cc(OC)c3c(c2)N(S(=O)(=O)c2cc(C)ccc2OC)CC3)cc1. The summed E-state index contributed by atoms with van der Waals surface area (Å²) in [6.07, 6.45) is 0.434. The standard InChI is InChI=1S/C27H28N2O7S/c1-5-36-27(31)18-7-9-20(10-8-18)28-26(30)19-15-22-21(24(16-19)35-4)12-13-29(22)37(32,33)25-14-17(2)6-11-23(25)34-3/h6-11,14-16H,5,12-13H2,1-4H3,(H,28,30). The topological polar surface area (TPSA) is 111 Å². The van der Waals surface area contributed by atoms with Crippen molar-refractivity contribution in [1.82, 2.24) is 0 Å². The van der Waals surface area contributed by atoms with Crippen molar-refractivity contribution >= 4 is 33.3 Å². The molecule has 4 rings (SSSR count). The first-order valence-electron chi connectivity index (χ1n) is 11.7. The van der Waals surface area contributed by atoms with Gasteiger partial charge in [0.1, 0.15) is 16.4 Å². The fraction of sp³-hybridized carbons (Fsp3) is 0.259. The highest BCUT2D eigenvalue weighted by Gasteiger charge is 2.35. The number of esters is 1. The second kappa shape index (κ2) is 10.5. The van der Waals surface area contributed by atoms with Crippen molar-refractivity contribution in [2.24, 2.45) is 0 Å². The molecule has 0 radical (unpaired) electrons. The molecule has 194 valence electrons. The molecule has 10 heteroatoms. The molecule has 1 aliphatic rings. The molecule has 0 unspecified atom stereocenters. The Morgan fingerprint density at radius 2 is 1.65 bits per heavy atom. The van der Waals surface area contributed by atoms with E-state index in [0.29, 0.717) is 34.7 Å². The Hall–Kier alpha value is -4.05. The number of amides is 1. The number of methoxy groups -OCH3 is 2. The van der Waals surface area contributed by atoms with Crippen molar-refractivity contribution in [2.75, 3.05) is 37.0 Å². The van der Waals surface area contributed by atoms with Gasteiger partial charge >= 0.3 is 5.97 Å². The van der Waals surface area contributed by atoms with E-state index >= 15 is 0 Å². The van der Waals surface area contributed by atoms with Gasteiger partial charge in [0, 0.05) is 23.4 Å². The van der Waals surface area contributed by atoms with Crippen LogP contribution in [-0.2, 0) is 21.2 Å². The molecule has 3 aromatic carbocycles. The third-order valence-corrected chi connectivity index (χ3v) is 7.88. The van der Waals surface area contributed by atoms with E-state index < -0.39 is 21.9 Å². The van der Waals surface area contributed by atoms with Crippen molar-refractivity contribution in [2.45, 2.75) is 25.2 Å². The molecule has 1 aliphatic heterocycles. The highest BCUT2D eigenvalue weighted by Crippen LogP contribution is 2.41. The zero-order chi connectivity index (χ0) is 26.7. The number of anilines is 2. The maximum Gasteiger partial charge on any atom is 0.338 e. The largest absolute Gasteiger partial charge is 0.496 e. The molecule has 0 saturated carbocycles. The monoisotopic (exact) mass is 524 g/mol. The Bertz CT molecular complexity index is 1450. The molecule has 0 aliphatic carbocycles. The lowest BCUT2D eigenvalue weighted by atomic mass is 10.1. The maximum absolute atomic E-state index is 13.7. The van der Waals surface area contributed by atoms with Gasteiger partial charge < -0.3 is 19.5 Å². The van der Waals surface area contributed by atoms with Gasteiger partial charge in [-0.15, -0.1) is 0 Å². The summed E-state index contributed by atoms with van der Waals surface area (Å²) < 4.78 is 44.5. The van der Waals surface area contributed by atoms with E-state index in [1.54, 1.807) is 68.4 Å². The van der Waals surface area contributed by atoms with E-state index in [1.807, 2.05) is 0 Å². The van der Waals surface area contributed by atoms with Crippen LogP contribution in [-0.4, -0.2) is 47.7 Å². The van der Waals surface area contributed by atoms with Crippen LogP contribution in [0.4, 0.5) is 11.4 Å². The predicted molar refractivity (Wildman–Crippen MR) is 139 cm³/mol. The molecule has 1 heterocycles. The molecular formula is C27H28N2O7S. The minimum absolute atomic E-state index is 0.0540. The number of ether oxygens (including phenoxy) is 3. The molecule has 9 nitrogen and oxygen atoms in total. The first-order valence-corrected chi connectivity index (χ1v) is 13.1. The second-order valence-corrected chi connectivity index (χ2v) is 10.2. The summed E-state index contributed by atoms with van der Waals surface area (Å²) in [6, 6.07) is 14.4. The molecule has 0 spiro atoms. The molecule has 0 aromatic heterocycles. The quantitative estimate of drug-likeness (QED) is 0.440. The number of aryl methyl sites for hydroxylation is 1. The minimum Gasteiger partial charge on any atom is -0.496 e. The van der Waals surface area contributed by atoms with Crippen molar-refractivity contribution in [1.29, 1.82) is 0 Å². The van der Waals surface area contributed by atoms with E-state index in [-0.39, 0.29) is 29.4 Å². The van der Waals surface area contributed by atoms with E-state index in [4.69, 9.17) is 14.2 Å². The Balaban J connectivity index is 1.66. The van der Waals surface area contributed by atoms with E-state index in [2.05, 4.69) is 5.32 Å². The molecule has 1 amide bonds. The molecular weight excluding hydrogens is 496 g/mol.